The maximum absolute atomic E-state index is 10.0. The molecular weight excluding hydrogens is 316 g/mol. The molecule has 26 heavy (non-hydrogen) atoms. The summed E-state index contributed by atoms with van der Waals surface area (Å²) in [6.07, 6.45) is 24.7. The van der Waals surface area contributed by atoms with Crippen molar-refractivity contribution in [3.63, 3.8) is 0 Å². The molecule has 1 saturated carbocycles. The lowest BCUT2D eigenvalue weighted by molar-refractivity contribution is 0.145. The summed E-state index contributed by atoms with van der Waals surface area (Å²) in [5.41, 5.74) is 4.97. The minimum atomic E-state index is -0.107. The molecule has 0 heterocycles. The molecule has 4 aliphatic carbocycles. The van der Waals surface area contributed by atoms with Crippen LogP contribution in [0.3, 0.4) is 0 Å². The van der Waals surface area contributed by atoms with Gasteiger partial charge in [-0.1, -0.05) is 61.1 Å². The Morgan fingerprint density at radius 1 is 0.962 bits per heavy atom. The zero-order valence-corrected chi connectivity index (χ0v) is 16.8. The zero-order valence-electron chi connectivity index (χ0n) is 16.8. The van der Waals surface area contributed by atoms with E-state index < -0.39 is 0 Å². The molecule has 0 saturated heterocycles. The summed E-state index contributed by atoms with van der Waals surface area (Å²) in [5, 5.41) is 10.0. The maximum atomic E-state index is 10.0. The zero-order chi connectivity index (χ0) is 17.9. The van der Waals surface area contributed by atoms with Crippen molar-refractivity contribution >= 4 is 0 Å². The van der Waals surface area contributed by atoms with Gasteiger partial charge in [-0.3, -0.25) is 0 Å². The van der Waals surface area contributed by atoms with Gasteiger partial charge < -0.3 is 5.11 Å². The van der Waals surface area contributed by atoms with Crippen LogP contribution in [0.2, 0.25) is 0 Å². The van der Waals surface area contributed by atoms with E-state index in [9.17, 15) is 5.11 Å². The minimum absolute atomic E-state index is 0.107. The molecule has 4 rings (SSSR count). The number of hydrogen-bond donors (Lipinski definition) is 1. The first-order valence-electron chi connectivity index (χ1n) is 11.4. The van der Waals surface area contributed by atoms with Gasteiger partial charge in [-0.25, -0.2) is 0 Å². The summed E-state index contributed by atoms with van der Waals surface area (Å²) in [7, 11) is 0. The van der Waals surface area contributed by atoms with Crippen molar-refractivity contribution in [2.45, 2.75) is 96.5 Å². The van der Waals surface area contributed by atoms with Gasteiger partial charge in [0, 0.05) is 0 Å². The third-order valence-electron chi connectivity index (χ3n) is 7.59. The fourth-order valence-electron chi connectivity index (χ4n) is 6.22. The van der Waals surface area contributed by atoms with Crippen molar-refractivity contribution in [3.8, 4) is 0 Å². The largest absolute Gasteiger partial charge is 0.393 e. The van der Waals surface area contributed by atoms with Crippen molar-refractivity contribution in [1.82, 2.24) is 0 Å². The Morgan fingerprint density at radius 2 is 1.81 bits per heavy atom. The molecule has 1 fully saturated rings. The summed E-state index contributed by atoms with van der Waals surface area (Å²) in [6.45, 7) is 2.24. The lowest BCUT2D eigenvalue weighted by Gasteiger charge is -2.31. The van der Waals surface area contributed by atoms with Crippen LogP contribution in [0.15, 0.2) is 34.9 Å². The highest BCUT2D eigenvalue weighted by molar-refractivity contribution is 5.23. The van der Waals surface area contributed by atoms with Crippen LogP contribution < -0.4 is 0 Å². The van der Waals surface area contributed by atoms with Gasteiger partial charge in [0.2, 0.25) is 0 Å². The average molecular weight is 355 g/mol. The highest BCUT2D eigenvalue weighted by atomic mass is 16.3. The van der Waals surface area contributed by atoms with E-state index in [0.717, 1.165) is 37.0 Å². The smallest absolute Gasteiger partial charge is 0.0582 e. The highest BCUT2D eigenvalue weighted by Gasteiger charge is 2.29. The Hall–Kier alpha value is -0.820. The Labute approximate surface area is 160 Å². The lowest BCUT2D eigenvalue weighted by atomic mass is 9.74. The minimum Gasteiger partial charge on any atom is -0.393 e. The molecule has 0 aliphatic heterocycles. The molecule has 144 valence electrons. The first-order valence-corrected chi connectivity index (χ1v) is 11.4. The molecule has 4 aliphatic rings. The number of aliphatic hydroxyl groups excluding tert-OH is 1. The predicted octanol–water partition coefficient (Wildman–Crippen LogP) is 6.74. The summed E-state index contributed by atoms with van der Waals surface area (Å²) >= 11 is 0. The first-order chi connectivity index (χ1) is 12.7. The Morgan fingerprint density at radius 3 is 2.54 bits per heavy atom. The van der Waals surface area contributed by atoms with E-state index in [1.54, 1.807) is 5.57 Å². The molecule has 1 nitrogen and oxygen atoms in total. The SMILES string of the molecule is C[C@H]1C=C(CC2=CC([C@@H]3CC=C(C4CCCCC4)CC3)CC2)CC(O)C1. The van der Waals surface area contributed by atoms with E-state index in [-0.39, 0.29) is 6.10 Å². The van der Waals surface area contributed by atoms with Gasteiger partial charge in [-0.15, -0.1) is 0 Å². The Kier molecular flexibility index (Phi) is 6.03. The number of aliphatic hydroxyl groups is 1. The lowest BCUT2D eigenvalue weighted by Crippen LogP contribution is -2.18. The van der Waals surface area contributed by atoms with Crippen LogP contribution >= 0.6 is 0 Å². The maximum Gasteiger partial charge on any atom is 0.0582 e. The summed E-state index contributed by atoms with van der Waals surface area (Å²) in [4.78, 5) is 0. The Bertz CT molecular complexity index is 575. The standard InChI is InChI=1S/C25H38O/c1-18-13-20(17-25(26)14-18)15-19-7-8-24(16-19)23-11-9-22(10-12-23)21-5-3-2-4-6-21/h9,13,16,18,21,23-26H,2-8,10-12,14-15,17H2,1H3/t18-,23+,24?,25?/m0/s1. The van der Waals surface area contributed by atoms with Gasteiger partial charge >= 0.3 is 0 Å². The van der Waals surface area contributed by atoms with Gasteiger partial charge in [0.1, 0.15) is 0 Å². The average Bonchev–Trinajstić information content (AvgIpc) is 3.10. The van der Waals surface area contributed by atoms with E-state index in [2.05, 4.69) is 25.2 Å². The highest BCUT2D eigenvalue weighted by Crippen LogP contribution is 2.42. The summed E-state index contributed by atoms with van der Waals surface area (Å²) < 4.78 is 0. The predicted molar refractivity (Wildman–Crippen MR) is 110 cm³/mol. The van der Waals surface area contributed by atoms with E-state index in [4.69, 9.17) is 0 Å². The second-order valence-corrected chi connectivity index (χ2v) is 9.75. The molecule has 0 aromatic carbocycles. The molecule has 0 aromatic rings. The van der Waals surface area contributed by atoms with Crippen LogP contribution in [0.1, 0.15) is 90.4 Å². The molecule has 0 radical (unpaired) electrons. The summed E-state index contributed by atoms with van der Waals surface area (Å²) in [6, 6.07) is 0. The fraction of sp³-hybridized carbons (Fsp3) is 0.760. The van der Waals surface area contributed by atoms with Crippen molar-refractivity contribution in [1.29, 1.82) is 0 Å². The quantitative estimate of drug-likeness (QED) is 0.554. The van der Waals surface area contributed by atoms with Gasteiger partial charge in [-0.05, 0) is 87.9 Å². The Balaban J connectivity index is 1.31. The number of rotatable bonds is 4. The third kappa shape index (κ3) is 4.53. The molecule has 0 bridgehead atoms. The van der Waals surface area contributed by atoms with E-state index in [1.807, 2.05) is 5.57 Å². The molecule has 0 spiro atoms. The normalized spacial score (nSPS) is 36.5. The number of allylic oxidation sites excluding steroid dienone is 5. The molecule has 1 N–H and O–H groups in total. The number of hydrogen-bond acceptors (Lipinski definition) is 1. The van der Waals surface area contributed by atoms with Gasteiger partial charge in [-0.2, -0.15) is 0 Å². The van der Waals surface area contributed by atoms with Crippen molar-refractivity contribution < 1.29 is 5.11 Å². The third-order valence-corrected chi connectivity index (χ3v) is 7.59. The molecule has 4 atom stereocenters. The van der Waals surface area contributed by atoms with Crippen molar-refractivity contribution in [3.05, 3.63) is 34.9 Å². The molecule has 0 amide bonds. The van der Waals surface area contributed by atoms with Crippen LogP contribution in [0.4, 0.5) is 0 Å². The van der Waals surface area contributed by atoms with Crippen LogP contribution in [-0.2, 0) is 0 Å². The molecule has 1 heteroatoms. The van der Waals surface area contributed by atoms with Gasteiger partial charge in [0.05, 0.1) is 6.10 Å². The van der Waals surface area contributed by atoms with Crippen LogP contribution in [0.5, 0.6) is 0 Å². The molecule has 2 unspecified atom stereocenters. The first kappa shape index (κ1) is 18.5. The van der Waals surface area contributed by atoms with Gasteiger partial charge in [0.25, 0.3) is 0 Å². The van der Waals surface area contributed by atoms with E-state index in [1.165, 1.54) is 69.8 Å². The molecule has 0 aromatic heterocycles. The van der Waals surface area contributed by atoms with Crippen molar-refractivity contribution in [2.75, 3.05) is 0 Å². The van der Waals surface area contributed by atoms with E-state index >= 15 is 0 Å². The van der Waals surface area contributed by atoms with Crippen molar-refractivity contribution in [2.24, 2.45) is 23.7 Å². The monoisotopic (exact) mass is 354 g/mol. The summed E-state index contributed by atoms with van der Waals surface area (Å²) in [5.74, 6) is 3.20. The second kappa shape index (κ2) is 8.46. The fourth-order valence-corrected chi connectivity index (χ4v) is 6.22. The van der Waals surface area contributed by atoms with E-state index in [0.29, 0.717) is 5.92 Å². The second-order valence-electron chi connectivity index (χ2n) is 9.75. The van der Waals surface area contributed by atoms with Gasteiger partial charge in [0.15, 0.2) is 0 Å². The van der Waals surface area contributed by atoms with Crippen LogP contribution in [0, 0.1) is 23.7 Å². The molecular formula is C25H38O. The topological polar surface area (TPSA) is 20.2 Å². The van der Waals surface area contributed by atoms with Crippen LogP contribution in [0.25, 0.3) is 0 Å². The van der Waals surface area contributed by atoms with Crippen LogP contribution in [-0.4, -0.2) is 11.2 Å².